The summed E-state index contributed by atoms with van der Waals surface area (Å²) >= 11 is 0. The largest absolute Gasteiger partial charge is 2.00 e. The number of nitroso groups, excluding NO2 is 1. The average Bonchev–Trinajstić information content (AvgIpc) is 3.84. The number of nitrogens with one attached hydrogen (secondary N) is 1. The summed E-state index contributed by atoms with van der Waals surface area (Å²) in [5.41, 5.74) is 40.1. The van der Waals surface area contributed by atoms with E-state index in [4.69, 9.17) is 65.2 Å². The number of amides is 7. The molecule has 1 saturated heterocycles. The molecule has 0 saturated carbocycles. The predicted octanol–water partition coefficient (Wildman–Crippen LogP) is 2.84. The van der Waals surface area contributed by atoms with Crippen LogP contribution in [0.1, 0.15) is 133 Å². The summed E-state index contributed by atoms with van der Waals surface area (Å²) in [6.07, 6.45) is 1.02. The van der Waals surface area contributed by atoms with E-state index in [2.05, 4.69) is 5.32 Å². The molecule has 7 amide bonds. The minimum atomic E-state index is -1.40. The second kappa shape index (κ2) is 22.2. The van der Waals surface area contributed by atoms with E-state index in [0.29, 0.717) is 51.8 Å². The number of hydrogen-bond donors (Lipinski definition) is 8. The Morgan fingerprint density at radius 2 is 1.24 bits per heavy atom. The Bertz CT molecular complexity index is 2340. The van der Waals surface area contributed by atoms with Crippen molar-refractivity contribution in [2.75, 3.05) is 6.54 Å². The Morgan fingerprint density at radius 3 is 1.74 bits per heavy atom. The zero-order valence-corrected chi connectivity index (χ0v) is 42.8. The van der Waals surface area contributed by atoms with Crippen LogP contribution in [0.4, 0.5) is 0 Å². The second-order valence-electron chi connectivity index (χ2n) is 21.1. The standard InChI is InChI=1S/C48H73N11O8.Co.NO/c1-23(60)22-55-38(67)16-17-45(6)29(18-35(52)64)43-48(9)47(8,21-37(54)66)28(12-15-34(51)63)40(59-48)25(3)42-46(7,20-36(53)65)26(10-13-32(49)61)30(56-42)19-31-44(4,5)27(11-14-33(50)62)39(57-31)24(2)41(45)58-43;;1-2/h19,23,26-29,43,60H,10-18,20-22H2,1-9H3,(H14,49,50,51,52,53,54,55,56,57,58,59,61,62,63,64,65,66,67);;/q;+2;-1/p-1/t23-,26-,27-,28-,29+,43-,45-,46+,47+,48+;;/m1../s1. The van der Waals surface area contributed by atoms with Crippen LogP contribution >= 0.6 is 0 Å². The van der Waals surface area contributed by atoms with Crippen LogP contribution in [0.3, 0.4) is 0 Å². The molecular weight excluding hydrogens is 948 g/mol. The molecule has 5 aliphatic rings. The number of rotatable bonds is 20. The molecule has 0 unspecified atom stereocenters. The van der Waals surface area contributed by atoms with Crippen molar-refractivity contribution < 1.29 is 55.4 Å². The van der Waals surface area contributed by atoms with Crippen LogP contribution < -0.4 is 39.7 Å². The van der Waals surface area contributed by atoms with Gasteiger partial charge in [-0.1, -0.05) is 40.7 Å². The van der Waals surface area contributed by atoms with Crippen LogP contribution in [-0.2, 0) is 50.3 Å². The van der Waals surface area contributed by atoms with Crippen molar-refractivity contribution in [1.82, 2.24) is 5.32 Å². The first-order valence-electron chi connectivity index (χ1n) is 23.4. The van der Waals surface area contributed by atoms with Crippen LogP contribution in [0.2, 0.25) is 0 Å². The molecule has 5 rings (SSSR count). The van der Waals surface area contributed by atoms with Crippen LogP contribution in [0.5, 0.6) is 0 Å². The van der Waals surface area contributed by atoms with E-state index in [0.717, 1.165) is 0 Å². The fraction of sp³-hybridized carbons (Fsp3) is 0.667. The average molecular weight is 1020 g/mol. The van der Waals surface area contributed by atoms with E-state index in [-0.39, 0.29) is 93.4 Å². The van der Waals surface area contributed by atoms with Gasteiger partial charge in [0.1, 0.15) is 0 Å². The van der Waals surface area contributed by atoms with Crippen molar-refractivity contribution in [3.05, 3.63) is 50.1 Å². The van der Waals surface area contributed by atoms with Gasteiger partial charge < -0.3 is 60.6 Å². The van der Waals surface area contributed by atoms with Gasteiger partial charge in [0.25, 0.3) is 0 Å². The van der Waals surface area contributed by atoms with Crippen LogP contribution in [-0.4, -0.2) is 87.8 Å². The fourth-order valence-electron chi connectivity index (χ4n) is 12.2. The number of aliphatic hydroxyl groups is 1. The maximum Gasteiger partial charge on any atom is 2.00 e. The minimum Gasteiger partial charge on any atom is -0.682 e. The number of nitrogens with two attached hydrogens (primary N) is 6. The molecule has 1 radical (unpaired) electrons. The molecule has 0 aromatic heterocycles. The van der Waals surface area contributed by atoms with Gasteiger partial charge in [-0.15, -0.1) is 0 Å². The number of nitrogens with zero attached hydrogens (tertiary/aromatic N) is 5. The van der Waals surface area contributed by atoms with E-state index in [9.17, 15) is 38.7 Å². The smallest absolute Gasteiger partial charge is 0.682 e. The van der Waals surface area contributed by atoms with Crippen molar-refractivity contribution in [3.8, 4) is 0 Å². The van der Waals surface area contributed by atoms with Crippen LogP contribution in [0.25, 0.3) is 10.9 Å². The van der Waals surface area contributed by atoms with Gasteiger partial charge in [0.2, 0.25) is 41.4 Å². The summed E-state index contributed by atoms with van der Waals surface area (Å²) in [7, 11) is 0. The summed E-state index contributed by atoms with van der Waals surface area (Å²) in [4.78, 5) is 115. The first kappa shape index (κ1) is 58.7. The molecule has 21 nitrogen and oxygen atoms in total. The van der Waals surface area contributed by atoms with Gasteiger partial charge in [0.15, 0.2) is 0 Å². The summed E-state index contributed by atoms with van der Waals surface area (Å²) in [6, 6.07) is -0.923. The van der Waals surface area contributed by atoms with Crippen molar-refractivity contribution in [1.29, 1.82) is 0 Å². The second-order valence-corrected chi connectivity index (χ2v) is 21.1. The van der Waals surface area contributed by atoms with Crippen molar-refractivity contribution in [2.45, 2.75) is 151 Å². The van der Waals surface area contributed by atoms with Gasteiger partial charge in [-0.05, 0) is 81.9 Å². The molecule has 0 spiro atoms. The first-order valence-corrected chi connectivity index (χ1v) is 23.4. The zero-order valence-electron chi connectivity index (χ0n) is 41.8. The first-order chi connectivity index (χ1) is 31.9. The SMILES string of the molecule is C/C1=C2/[N-][C@H]([C@H](CC(N)=O)[C@@]2(C)CCC(=O)NC[C@@H](C)O)[C@]2(C)N=C(/C(C)=C3N=C(/C=C4N=C1[C@@H](CCC(N)=O)C\4(C)C)[C@@H](CCC(N)=O)[C@]\3(C)CC(N)=O)[C@@H](CCC(N)=O)[C@]2(C)CC(N)=O.[Co+2].[N-]=O. The van der Waals surface area contributed by atoms with E-state index < -0.39 is 98.5 Å². The predicted molar refractivity (Wildman–Crippen MR) is 261 cm³/mol. The molecule has 5 heterocycles. The third kappa shape index (κ3) is 11.3. The number of hydrogen-bond acceptors (Lipinski definition) is 12. The minimum absolute atomic E-state index is 0. The Kier molecular flexibility index (Phi) is 18.6. The van der Waals surface area contributed by atoms with E-state index >= 15 is 0 Å². The maximum atomic E-state index is 13.5. The van der Waals surface area contributed by atoms with Gasteiger partial charge >= 0.3 is 16.8 Å². The van der Waals surface area contributed by atoms with Gasteiger partial charge in [-0.2, -0.15) is 5.70 Å². The Balaban J connectivity index is 0.00000426. The summed E-state index contributed by atoms with van der Waals surface area (Å²) in [6.45, 7) is 16.8. The molecule has 10 atom stereocenters. The maximum absolute atomic E-state index is 13.5. The number of aliphatic hydroxyl groups excluding tert-OH is 1. The summed E-state index contributed by atoms with van der Waals surface area (Å²) in [5, 5.41) is 18.3. The molecule has 8 bridgehead atoms. The number of fused-ring (bicyclic) bond motifs is 6. The van der Waals surface area contributed by atoms with Crippen LogP contribution in [0, 0.1) is 50.2 Å². The topological polar surface area (TPSA) is 398 Å². The molecule has 0 aliphatic carbocycles. The molecule has 70 heavy (non-hydrogen) atoms. The van der Waals surface area contributed by atoms with Gasteiger partial charge in [-0.3, -0.25) is 48.5 Å². The summed E-state index contributed by atoms with van der Waals surface area (Å²) < 4.78 is 0. The third-order valence-electron chi connectivity index (χ3n) is 16.0. The van der Waals surface area contributed by atoms with Gasteiger partial charge in [0.05, 0.1) is 17.3 Å². The van der Waals surface area contributed by atoms with Gasteiger partial charge in [0, 0.05) is 108 Å². The Labute approximate surface area is 419 Å². The van der Waals surface area contributed by atoms with Crippen molar-refractivity contribution in [2.24, 2.45) is 94.7 Å². The summed E-state index contributed by atoms with van der Waals surface area (Å²) in [5.74, 6) is -6.42. The molecule has 22 heteroatoms. The van der Waals surface area contributed by atoms with Gasteiger partial charge in [-0.25, -0.2) is 0 Å². The Hall–Kier alpha value is -5.61. The van der Waals surface area contributed by atoms with E-state index in [1.165, 1.54) is 0 Å². The number of carbonyl (C=O) groups is 7. The zero-order chi connectivity index (χ0) is 52.4. The molecule has 1 fully saturated rings. The number of carbonyl (C=O) groups excluding carboxylic acids is 7. The monoisotopic (exact) mass is 1020 g/mol. The molecular formula is C48H72CoN12O9. The van der Waals surface area contributed by atoms with Crippen LogP contribution in [0.15, 0.2) is 49.3 Å². The molecule has 0 aromatic carbocycles. The molecule has 5 aliphatic heterocycles. The molecule has 387 valence electrons. The fourth-order valence-corrected chi connectivity index (χ4v) is 12.2. The normalized spacial score (nSPS) is 33.7. The number of allylic oxidation sites excluding steroid dienone is 6. The van der Waals surface area contributed by atoms with Crippen molar-refractivity contribution in [3.63, 3.8) is 0 Å². The quantitative estimate of drug-likeness (QED) is 0.0888. The molecule has 0 aromatic rings. The molecule has 14 N–H and O–H groups in total. The van der Waals surface area contributed by atoms with E-state index in [1.807, 2.05) is 61.5 Å². The van der Waals surface area contributed by atoms with E-state index in [1.54, 1.807) is 6.92 Å². The van der Waals surface area contributed by atoms with Crippen molar-refractivity contribution >= 4 is 58.5 Å². The number of aliphatic imine (C=N–C) groups is 3. The Morgan fingerprint density at radius 1 is 0.714 bits per heavy atom. The number of primary amides is 6. The third-order valence-corrected chi connectivity index (χ3v) is 16.0.